The molecular weight excluding hydrogens is 452 g/mol. The maximum Gasteiger partial charge on any atom is 0.418 e. The lowest BCUT2D eigenvalue weighted by molar-refractivity contribution is -0.138. The summed E-state index contributed by atoms with van der Waals surface area (Å²) in [5.74, 6) is -0.894. The van der Waals surface area contributed by atoms with Gasteiger partial charge in [-0.1, -0.05) is 12.1 Å². The van der Waals surface area contributed by atoms with Crippen molar-refractivity contribution in [3.05, 3.63) is 59.5 Å². The topological polar surface area (TPSA) is 53.7 Å². The average Bonchev–Trinajstić information content (AvgIpc) is 3.44. The number of hydrogen-bond donors (Lipinski definition) is 0. The number of aromatic nitrogens is 3. The van der Waals surface area contributed by atoms with Crippen LogP contribution in [0.2, 0.25) is 0 Å². The number of nitrogens with zero attached hydrogens (tertiary/aromatic N) is 5. The van der Waals surface area contributed by atoms with Crippen LogP contribution in [0, 0.1) is 11.8 Å². The molecule has 2 atom stereocenters. The van der Waals surface area contributed by atoms with Crippen LogP contribution in [0.15, 0.2) is 42.6 Å². The molecule has 4 heterocycles. The number of fused-ring (bicyclic) bond motifs is 2. The summed E-state index contributed by atoms with van der Waals surface area (Å²) in [6.07, 6.45) is -8.27. The number of pyridine rings is 1. The quantitative estimate of drug-likeness (QED) is 0.533. The molecule has 174 valence electrons. The van der Waals surface area contributed by atoms with E-state index in [0.717, 1.165) is 28.8 Å². The van der Waals surface area contributed by atoms with Gasteiger partial charge in [-0.2, -0.15) is 26.3 Å². The zero-order chi connectivity index (χ0) is 23.5. The van der Waals surface area contributed by atoms with Crippen LogP contribution in [0.3, 0.4) is 0 Å². The molecule has 1 aromatic carbocycles. The molecule has 0 saturated carbocycles. The normalized spacial score (nSPS) is 21.2. The van der Waals surface area contributed by atoms with Crippen LogP contribution in [-0.2, 0) is 12.4 Å². The molecule has 5 rings (SSSR count). The number of likely N-dealkylation sites (tertiary alicyclic amines) is 1. The number of benzene rings is 1. The van der Waals surface area contributed by atoms with Crippen molar-refractivity contribution in [2.75, 3.05) is 31.1 Å². The number of rotatable bonds is 2. The first-order valence-corrected chi connectivity index (χ1v) is 10.1. The second-order valence-corrected chi connectivity index (χ2v) is 8.32. The first kappa shape index (κ1) is 21.5. The fourth-order valence-corrected chi connectivity index (χ4v) is 4.69. The summed E-state index contributed by atoms with van der Waals surface area (Å²) in [4.78, 5) is 16.2. The van der Waals surface area contributed by atoms with E-state index >= 15 is 0 Å². The minimum absolute atomic E-state index is 0.0554. The lowest BCUT2D eigenvalue weighted by Crippen LogP contribution is -2.34. The number of halogens is 6. The molecule has 2 aliphatic rings. The minimum atomic E-state index is -4.58. The zero-order valence-corrected chi connectivity index (χ0v) is 16.9. The van der Waals surface area contributed by atoms with Crippen molar-refractivity contribution in [2.45, 2.75) is 12.4 Å². The Morgan fingerprint density at radius 3 is 2.15 bits per heavy atom. The van der Waals surface area contributed by atoms with Crippen molar-refractivity contribution in [3.8, 4) is 0 Å². The fraction of sp³-hybridized carbons (Fsp3) is 0.381. The lowest BCUT2D eigenvalue weighted by Gasteiger charge is -2.25. The molecule has 2 aromatic heterocycles. The summed E-state index contributed by atoms with van der Waals surface area (Å²) in [5, 5.41) is 7.55. The van der Waals surface area contributed by atoms with E-state index in [1.165, 1.54) is 17.0 Å². The van der Waals surface area contributed by atoms with Gasteiger partial charge in [-0.3, -0.25) is 9.20 Å². The van der Waals surface area contributed by atoms with E-state index in [4.69, 9.17) is 0 Å². The summed E-state index contributed by atoms with van der Waals surface area (Å²) in [7, 11) is 0. The van der Waals surface area contributed by atoms with Gasteiger partial charge in [0.05, 0.1) is 11.1 Å². The number of alkyl halides is 6. The highest BCUT2D eigenvalue weighted by molar-refractivity contribution is 5.91. The van der Waals surface area contributed by atoms with E-state index in [0.29, 0.717) is 13.1 Å². The molecule has 0 radical (unpaired) electrons. The van der Waals surface area contributed by atoms with Gasteiger partial charge < -0.3 is 9.80 Å². The number of carbonyl (C=O) groups excluding carboxylic acids is 1. The van der Waals surface area contributed by atoms with Gasteiger partial charge in [0.2, 0.25) is 5.82 Å². The van der Waals surface area contributed by atoms with E-state index in [2.05, 4.69) is 10.2 Å². The standard InChI is InChI=1S/C21H17F6N5O/c22-20(23,24)14-5-6-17-28-29-18(32(17)11-14)19(33)31-9-12-7-30(8-13(12)10-31)16-4-2-1-3-15(16)21(25,26)27/h1-6,11-13H,7-10H2/t12-,13+. The third-order valence-electron chi connectivity index (χ3n) is 6.24. The van der Waals surface area contributed by atoms with Crippen LogP contribution < -0.4 is 4.90 Å². The van der Waals surface area contributed by atoms with Crippen molar-refractivity contribution >= 4 is 17.2 Å². The Morgan fingerprint density at radius 1 is 0.848 bits per heavy atom. The molecule has 0 bridgehead atoms. The van der Waals surface area contributed by atoms with E-state index in [1.807, 2.05) is 0 Å². The Labute approximate surface area is 183 Å². The van der Waals surface area contributed by atoms with E-state index < -0.39 is 29.4 Å². The number of amides is 1. The predicted octanol–water partition coefficient (Wildman–Crippen LogP) is 3.98. The van der Waals surface area contributed by atoms with Crippen LogP contribution in [0.25, 0.3) is 5.65 Å². The molecule has 2 aliphatic heterocycles. The Balaban J connectivity index is 1.34. The molecule has 3 aromatic rings. The zero-order valence-electron chi connectivity index (χ0n) is 16.9. The molecule has 12 heteroatoms. The maximum atomic E-state index is 13.4. The Morgan fingerprint density at radius 2 is 1.52 bits per heavy atom. The van der Waals surface area contributed by atoms with Crippen molar-refractivity contribution in [3.63, 3.8) is 0 Å². The van der Waals surface area contributed by atoms with Crippen molar-refractivity contribution in [1.82, 2.24) is 19.5 Å². The maximum absolute atomic E-state index is 13.4. The van der Waals surface area contributed by atoms with Gasteiger partial charge in [0.25, 0.3) is 5.91 Å². The third kappa shape index (κ3) is 3.76. The van der Waals surface area contributed by atoms with E-state index in [-0.39, 0.29) is 42.1 Å². The first-order valence-electron chi connectivity index (χ1n) is 10.1. The van der Waals surface area contributed by atoms with Gasteiger partial charge in [0.15, 0.2) is 5.65 Å². The highest BCUT2D eigenvalue weighted by Crippen LogP contribution is 2.41. The molecule has 0 N–H and O–H groups in total. The van der Waals surface area contributed by atoms with Gasteiger partial charge in [0.1, 0.15) is 0 Å². The molecule has 0 aliphatic carbocycles. The van der Waals surface area contributed by atoms with Gasteiger partial charge in [0, 0.05) is 49.9 Å². The monoisotopic (exact) mass is 469 g/mol. The van der Waals surface area contributed by atoms with Gasteiger partial charge in [-0.05, 0) is 24.3 Å². The Bertz CT molecular complexity index is 1210. The van der Waals surface area contributed by atoms with Gasteiger partial charge in [-0.15, -0.1) is 10.2 Å². The van der Waals surface area contributed by atoms with Crippen molar-refractivity contribution in [1.29, 1.82) is 0 Å². The van der Waals surface area contributed by atoms with Crippen LogP contribution in [0.4, 0.5) is 32.0 Å². The molecule has 0 spiro atoms. The smallest absolute Gasteiger partial charge is 0.370 e. The van der Waals surface area contributed by atoms with Crippen LogP contribution in [-0.4, -0.2) is 51.6 Å². The molecule has 1 amide bonds. The molecule has 2 fully saturated rings. The first-order chi connectivity index (χ1) is 15.5. The lowest BCUT2D eigenvalue weighted by atomic mass is 10.0. The van der Waals surface area contributed by atoms with E-state index in [9.17, 15) is 31.1 Å². The summed E-state index contributed by atoms with van der Waals surface area (Å²) < 4.78 is 80.4. The van der Waals surface area contributed by atoms with Crippen molar-refractivity contribution < 1.29 is 31.1 Å². The second kappa shape index (κ2) is 7.35. The summed E-state index contributed by atoms with van der Waals surface area (Å²) in [6, 6.07) is 7.39. The number of anilines is 1. The van der Waals surface area contributed by atoms with Crippen LogP contribution in [0.5, 0.6) is 0 Å². The molecule has 0 unspecified atom stereocenters. The highest BCUT2D eigenvalue weighted by Gasteiger charge is 2.44. The Hall–Kier alpha value is -3.31. The van der Waals surface area contributed by atoms with Crippen molar-refractivity contribution in [2.24, 2.45) is 11.8 Å². The van der Waals surface area contributed by atoms with Gasteiger partial charge >= 0.3 is 12.4 Å². The number of para-hydroxylation sites is 1. The molecule has 6 nitrogen and oxygen atoms in total. The summed E-state index contributed by atoms with van der Waals surface area (Å²) in [6.45, 7) is 1.25. The van der Waals surface area contributed by atoms with Gasteiger partial charge in [-0.25, -0.2) is 0 Å². The highest BCUT2D eigenvalue weighted by atomic mass is 19.4. The predicted molar refractivity (Wildman–Crippen MR) is 105 cm³/mol. The summed E-state index contributed by atoms with van der Waals surface area (Å²) >= 11 is 0. The fourth-order valence-electron chi connectivity index (χ4n) is 4.69. The third-order valence-corrected chi connectivity index (χ3v) is 6.24. The van der Waals surface area contributed by atoms with Crippen LogP contribution >= 0.6 is 0 Å². The number of carbonyl (C=O) groups is 1. The number of hydrogen-bond acceptors (Lipinski definition) is 4. The second-order valence-electron chi connectivity index (χ2n) is 8.32. The molecule has 33 heavy (non-hydrogen) atoms. The largest absolute Gasteiger partial charge is 0.418 e. The average molecular weight is 469 g/mol. The minimum Gasteiger partial charge on any atom is -0.370 e. The Kier molecular flexibility index (Phi) is 4.80. The molecular formula is C21H17F6N5O. The summed E-state index contributed by atoms with van der Waals surface area (Å²) in [5.41, 5.74) is -1.41. The molecule has 2 saturated heterocycles. The SMILES string of the molecule is O=C(c1nnc2ccc(C(F)(F)F)cn12)N1C[C@@H]2CN(c3ccccc3C(F)(F)F)C[C@@H]2C1. The van der Waals surface area contributed by atoms with Crippen LogP contribution in [0.1, 0.15) is 21.7 Å². The van der Waals surface area contributed by atoms with E-state index in [1.54, 1.807) is 11.0 Å².